The Morgan fingerprint density at radius 1 is 1.61 bits per heavy atom. The molecule has 0 bridgehead atoms. The number of hydrogen-bond donors (Lipinski definition) is 0. The molecule has 1 aliphatic rings. The van der Waals surface area contributed by atoms with E-state index in [2.05, 4.69) is 9.73 Å². The smallest absolute Gasteiger partial charge is 0.392 e. The number of rotatable bonds is 4. The maximum atomic E-state index is 12.5. The van der Waals surface area contributed by atoms with Crippen LogP contribution in [-0.4, -0.2) is 32.5 Å². The minimum atomic E-state index is -4.32. The van der Waals surface area contributed by atoms with E-state index in [1.165, 1.54) is 13.3 Å². The molecule has 0 aromatic rings. The van der Waals surface area contributed by atoms with Crippen LogP contribution in [-0.2, 0) is 9.53 Å². The van der Waals surface area contributed by atoms with Gasteiger partial charge >= 0.3 is 12.1 Å². The molecule has 18 heavy (non-hydrogen) atoms. The summed E-state index contributed by atoms with van der Waals surface area (Å²) in [6.07, 6.45) is -3.26. The van der Waals surface area contributed by atoms with E-state index >= 15 is 0 Å². The first-order valence-corrected chi connectivity index (χ1v) is 5.33. The molecule has 1 rings (SSSR count). The molecule has 0 spiro atoms. The molecule has 0 amide bonds. The van der Waals surface area contributed by atoms with Gasteiger partial charge in [-0.15, -0.1) is 0 Å². The number of aliphatic imine (C=N–C) groups is 1. The molecule has 0 heterocycles. The first-order valence-electron chi connectivity index (χ1n) is 5.33. The number of carbonyl (C=O) groups is 1. The van der Waals surface area contributed by atoms with Gasteiger partial charge in [-0.25, -0.2) is 0 Å². The third-order valence-corrected chi connectivity index (χ3v) is 3.04. The SMILES string of the molecule is CN=CC(C(=O)OC)C(C#N)C1CC1C(F)(F)F. The monoisotopic (exact) mass is 262 g/mol. The Balaban J connectivity index is 2.84. The van der Waals surface area contributed by atoms with Gasteiger partial charge in [-0.3, -0.25) is 9.79 Å². The number of esters is 1. The average molecular weight is 262 g/mol. The summed E-state index contributed by atoms with van der Waals surface area (Å²) in [6.45, 7) is 0. The van der Waals surface area contributed by atoms with Crippen molar-refractivity contribution in [1.82, 2.24) is 0 Å². The number of alkyl halides is 3. The van der Waals surface area contributed by atoms with Gasteiger partial charge in [0.2, 0.25) is 0 Å². The molecule has 7 heteroatoms. The van der Waals surface area contributed by atoms with E-state index in [9.17, 15) is 18.0 Å². The van der Waals surface area contributed by atoms with E-state index < -0.39 is 35.8 Å². The van der Waals surface area contributed by atoms with Crippen molar-refractivity contribution in [2.75, 3.05) is 14.2 Å². The average Bonchev–Trinajstić information content (AvgIpc) is 3.07. The van der Waals surface area contributed by atoms with E-state index in [-0.39, 0.29) is 6.42 Å². The molecule has 1 aliphatic carbocycles. The van der Waals surface area contributed by atoms with Gasteiger partial charge in [0.05, 0.1) is 25.0 Å². The van der Waals surface area contributed by atoms with E-state index in [1.54, 1.807) is 6.07 Å². The zero-order valence-electron chi connectivity index (χ0n) is 9.94. The molecule has 0 aromatic carbocycles. The van der Waals surface area contributed by atoms with Crippen molar-refractivity contribution in [3.8, 4) is 6.07 Å². The highest BCUT2D eigenvalue weighted by Crippen LogP contribution is 2.55. The van der Waals surface area contributed by atoms with Crippen LogP contribution in [0, 0.1) is 35.0 Å². The van der Waals surface area contributed by atoms with E-state index in [0.717, 1.165) is 7.11 Å². The molecule has 1 fully saturated rings. The van der Waals surface area contributed by atoms with Gasteiger partial charge in [0.1, 0.15) is 5.92 Å². The summed E-state index contributed by atoms with van der Waals surface area (Å²) >= 11 is 0. The fraction of sp³-hybridized carbons (Fsp3) is 0.727. The molecule has 4 atom stereocenters. The number of halogens is 3. The van der Waals surface area contributed by atoms with Crippen LogP contribution in [0.3, 0.4) is 0 Å². The van der Waals surface area contributed by atoms with Crippen LogP contribution < -0.4 is 0 Å². The zero-order valence-corrected chi connectivity index (χ0v) is 9.94. The first-order chi connectivity index (χ1) is 8.36. The Kier molecular flexibility index (Phi) is 4.33. The highest BCUT2D eigenvalue weighted by atomic mass is 19.4. The fourth-order valence-corrected chi connectivity index (χ4v) is 2.03. The van der Waals surface area contributed by atoms with Gasteiger partial charge in [-0.2, -0.15) is 18.4 Å². The van der Waals surface area contributed by atoms with Crippen molar-refractivity contribution in [2.24, 2.45) is 28.7 Å². The largest absolute Gasteiger partial charge is 0.468 e. The lowest BCUT2D eigenvalue weighted by molar-refractivity contribution is -0.154. The molecule has 0 aliphatic heterocycles. The second-order valence-electron chi connectivity index (χ2n) is 4.16. The lowest BCUT2D eigenvalue weighted by Crippen LogP contribution is -2.28. The summed E-state index contributed by atoms with van der Waals surface area (Å²) in [5.74, 6) is -5.17. The van der Waals surface area contributed by atoms with Crippen LogP contribution in [0.2, 0.25) is 0 Å². The Labute approximate surface area is 102 Å². The summed E-state index contributed by atoms with van der Waals surface area (Å²) in [7, 11) is 2.51. The number of nitrogens with zero attached hydrogens (tertiary/aromatic N) is 2. The van der Waals surface area contributed by atoms with Crippen molar-refractivity contribution in [1.29, 1.82) is 5.26 Å². The zero-order chi connectivity index (χ0) is 13.9. The van der Waals surface area contributed by atoms with Gasteiger partial charge in [-0.1, -0.05) is 0 Å². The van der Waals surface area contributed by atoms with Crippen LogP contribution >= 0.6 is 0 Å². The molecular weight excluding hydrogens is 249 g/mol. The lowest BCUT2D eigenvalue weighted by Gasteiger charge is -2.16. The lowest BCUT2D eigenvalue weighted by atomic mass is 9.89. The predicted octanol–water partition coefficient (Wildman–Crippen LogP) is 1.81. The second kappa shape index (κ2) is 5.38. The van der Waals surface area contributed by atoms with Gasteiger partial charge in [0, 0.05) is 13.3 Å². The van der Waals surface area contributed by atoms with Crippen molar-refractivity contribution in [3.05, 3.63) is 0 Å². The number of carbonyl (C=O) groups excluding carboxylic acids is 1. The standard InChI is InChI=1S/C11H13F3N2O2/c1-16-5-8(10(17)18-2)7(4-15)6-3-9(6)11(12,13)14/h5-9H,3H2,1-2H3. The van der Waals surface area contributed by atoms with Gasteiger partial charge in [0.15, 0.2) is 0 Å². The molecule has 100 valence electrons. The van der Waals surface area contributed by atoms with Gasteiger partial charge in [0.25, 0.3) is 0 Å². The maximum absolute atomic E-state index is 12.5. The fourth-order valence-electron chi connectivity index (χ4n) is 2.03. The normalized spacial score (nSPS) is 26.4. The molecule has 0 radical (unpaired) electrons. The Morgan fingerprint density at radius 2 is 2.22 bits per heavy atom. The van der Waals surface area contributed by atoms with Crippen LogP contribution in [0.5, 0.6) is 0 Å². The first kappa shape index (κ1) is 14.5. The number of ether oxygens (including phenoxy) is 1. The molecule has 0 N–H and O–H groups in total. The summed E-state index contributed by atoms with van der Waals surface area (Å²) in [5, 5.41) is 8.97. The molecule has 1 saturated carbocycles. The summed E-state index contributed by atoms with van der Waals surface area (Å²) < 4.78 is 41.9. The quantitative estimate of drug-likeness (QED) is 0.573. The third-order valence-electron chi connectivity index (χ3n) is 3.04. The van der Waals surface area contributed by atoms with Crippen LogP contribution in [0.15, 0.2) is 4.99 Å². The van der Waals surface area contributed by atoms with Crippen LogP contribution in [0.1, 0.15) is 6.42 Å². The highest BCUT2D eigenvalue weighted by molar-refractivity contribution is 5.90. The summed E-state index contributed by atoms with van der Waals surface area (Å²) in [4.78, 5) is 15.1. The van der Waals surface area contributed by atoms with Gasteiger partial charge in [-0.05, 0) is 12.3 Å². The molecule has 4 nitrogen and oxygen atoms in total. The van der Waals surface area contributed by atoms with Crippen molar-refractivity contribution in [2.45, 2.75) is 12.6 Å². The molecule has 0 aromatic heterocycles. The highest BCUT2D eigenvalue weighted by Gasteiger charge is 2.60. The molecular formula is C11H13F3N2O2. The molecule has 4 unspecified atom stereocenters. The van der Waals surface area contributed by atoms with Crippen LogP contribution in [0.4, 0.5) is 13.2 Å². The van der Waals surface area contributed by atoms with Crippen molar-refractivity contribution < 1.29 is 22.7 Å². The van der Waals surface area contributed by atoms with E-state index in [1.807, 2.05) is 0 Å². The topological polar surface area (TPSA) is 62.4 Å². The maximum Gasteiger partial charge on any atom is 0.392 e. The third kappa shape index (κ3) is 3.00. The number of hydrogen-bond acceptors (Lipinski definition) is 4. The second-order valence-corrected chi connectivity index (χ2v) is 4.16. The summed E-state index contributed by atoms with van der Waals surface area (Å²) in [6, 6.07) is 1.77. The van der Waals surface area contributed by atoms with Crippen molar-refractivity contribution in [3.63, 3.8) is 0 Å². The minimum absolute atomic E-state index is 0.118. The van der Waals surface area contributed by atoms with E-state index in [4.69, 9.17) is 5.26 Å². The Bertz CT molecular complexity index is 387. The summed E-state index contributed by atoms with van der Waals surface area (Å²) in [5.41, 5.74) is 0. The Morgan fingerprint density at radius 3 is 2.56 bits per heavy atom. The van der Waals surface area contributed by atoms with Crippen LogP contribution in [0.25, 0.3) is 0 Å². The number of nitriles is 1. The number of methoxy groups -OCH3 is 1. The molecule has 0 saturated heterocycles. The Hall–Kier alpha value is -1.58. The van der Waals surface area contributed by atoms with E-state index in [0.29, 0.717) is 0 Å². The predicted molar refractivity (Wildman–Crippen MR) is 56.7 cm³/mol. The van der Waals surface area contributed by atoms with Crippen molar-refractivity contribution >= 4 is 12.2 Å². The van der Waals surface area contributed by atoms with Gasteiger partial charge < -0.3 is 4.74 Å². The minimum Gasteiger partial charge on any atom is -0.468 e.